The van der Waals surface area contributed by atoms with Gasteiger partial charge < -0.3 is 0 Å². The van der Waals surface area contributed by atoms with Crippen molar-refractivity contribution in [2.75, 3.05) is 0 Å². The Labute approximate surface area is 97.7 Å². The van der Waals surface area contributed by atoms with Crippen molar-refractivity contribution < 1.29 is 8.78 Å². The van der Waals surface area contributed by atoms with Gasteiger partial charge in [0.05, 0.1) is 12.0 Å². The zero-order valence-electron chi connectivity index (χ0n) is 8.90. The molecular formula is C13H10F2N2. The van der Waals surface area contributed by atoms with Crippen LogP contribution in [-0.4, -0.2) is 5.79 Å². The molecule has 17 heavy (non-hydrogen) atoms. The summed E-state index contributed by atoms with van der Waals surface area (Å²) in [6.45, 7) is 0. The molecule has 0 bridgehead atoms. The van der Waals surface area contributed by atoms with Crippen LogP contribution in [0.4, 0.5) is 8.78 Å². The minimum atomic E-state index is -2.13. The van der Waals surface area contributed by atoms with Crippen molar-refractivity contribution in [2.45, 2.75) is 5.79 Å². The fourth-order valence-corrected chi connectivity index (χ4v) is 1.78. The molecule has 0 saturated carbocycles. The van der Waals surface area contributed by atoms with Crippen LogP contribution in [0.1, 0.15) is 5.56 Å². The van der Waals surface area contributed by atoms with Crippen LogP contribution >= 0.6 is 0 Å². The Morgan fingerprint density at radius 2 is 2.06 bits per heavy atom. The van der Waals surface area contributed by atoms with Gasteiger partial charge in [-0.05, 0) is 23.8 Å². The van der Waals surface area contributed by atoms with Gasteiger partial charge in [-0.15, -0.1) is 0 Å². The summed E-state index contributed by atoms with van der Waals surface area (Å²) < 4.78 is 27.2. The van der Waals surface area contributed by atoms with Crippen LogP contribution in [0.2, 0.25) is 0 Å². The Kier molecular flexibility index (Phi) is 2.78. The fraction of sp³-hybridized carbons (Fsp3) is 0.154. The predicted molar refractivity (Wildman–Crippen MR) is 60.6 cm³/mol. The van der Waals surface area contributed by atoms with Crippen molar-refractivity contribution >= 4 is 5.57 Å². The predicted octanol–water partition coefficient (Wildman–Crippen LogP) is 2.54. The average molecular weight is 232 g/mol. The number of benzene rings is 1. The summed E-state index contributed by atoms with van der Waals surface area (Å²) in [7, 11) is 0. The highest BCUT2D eigenvalue weighted by molar-refractivity contribution is 5.74. The highest BCUT2D eigenvalue weighted by Crippen LogP contribution is 2.32. The number of hydrogen-bond acceptors (Lipinski definition) is 2. The van der Waals surface area contributed by atoms with Crippen LogP contribution in [0, 0.1) is 23.1 Å². The van der Waals surface area contributed by atoms with Crippen LogP contribution in [0.5, 0.6) is 0 Å². The molecule has 2 nitrogen and oxygen atoms in total. The summed E-state index contributed by atoms with van der Waals surface area (Å²) in [5, 5.41) is 8.96. The minimum Gasteiger partial charge on any atom is -0.292 e. The first-order valence-electron chi connectivity index (χ1n) is 5.08. The summed E-state index contributed by atoms with van der Waals surface area (Å²) in [5.74, 6) is -3.31. The minimum absolute atomic E-state index is 0.205. The van der Waals surface area contributed by atoms with E-state index in [1.165, 1.54) is 24.3 Å². The zero-order valence-corrected chi connectivity index (χ0v) is 8.90. The Morgan fingerprint density at radius 1 is 1.35 bits per heavy atom. The maximum absolute atomic E-state index is 13.6. The van der Waals surface area contributed by atoms with Crippen LogP contribution in [0.3, 0.4) is 0 Å². The molecule has 1 aromatic rings. The first-order chi connectivity index (χ1) is 8.03. The van der Waals surface area contributed by atoms with Gasteiger partial charge in [0.25, 0.3) is 0 Å². The third-order valence-electron chi connectivity index (χ3n) is 2.58. The molecule has 2 unspecified atom stereocenters. The van der Waals surface area contributed by atoms with E-state index in [9.17, 15) is 8.78 Å². The summed E-state index contributed by atoms with van der Waals surface area (Å²) in [6.07, 6.45) is 3.53. The molecular weight excluding hydrogens is 222 g/mol. The summed E-state index contributed by atoms with van der Waals surface area (Å²) in [6, 6.07) is 7.90. The van der Waals surface area contributed by atoms with Gasteiger partial charge in [0.1, 0.15) is 5.82 Å². The number of rotatable bonds is 1. The third kappa shape index (κ3) is 2.24. The van der Waals surface area contributed by atoms with E-state index in [2.05, 4.69) is 0 Å². The standard InChI is InChI=1S/C13H10F2N2/c14-12-4-2-1-3-10(12)11-7-13(15,17)6-5-9(11)8-16/h1-7,9H,17H2. The molecule has 2 atom stereocenters. The van der Waals surface area contributed by atoms with Crippen LogP contribution in [-0.2, 0) is 0 Å². The molecule has 2 N–H and O–H groups in total. The van der Waals surface area contributed by atoms with Crippen molar-refractivity contribution in [2.24, 2.45) is 11.7 Å². The number of nitrogens with zero attached hydrogens (tertiary/aromatic N) is 1. The monoisotopic (exact) mass is 232 g/mol. The number of nitriles is 1. The lowest BCUT2D eigenvalue weighted by atomic mass is 9.86. The molecule has 0 radical (unpaired) electrons. The fourth-order valence-electron chi connectivity index (χ4n) is 1.78. The molecule has 1 aliphatic carbocycles. The molecule has 0 fully saturated rings. The first kappa shape index (κ1) is 11.5. The molecule has 0 amide bonds. The lowest BCUT2D eigenvalue weighted by Crippen LogP contribution is -2.32. The maximum Gasteiger partial charge on any atom is 0.197 e. The van der Waals surface area contributed by atoms with E-state index in [1.54, 1.807) is 6.07 Å². The lowest BCUT2D eigenvalue weighted by molar-refractivity contribution is 0.307. The van der Waals surface area contributed by atoms with Crippen molar-refractivity contribution in [3.8, 4) is 6.07 Å². The number of alkyl halides is 1. The molecule has 0 aliphatic heterocycles. The van der Waals surface area contributed by atoms with Crippen LogP contribution in [0.15, 0.2) is 42.5 Å². The van der Waals surface area contributed by atoms with Gasteiger partial charge in [-0.1, -0.05) is 24.3 Å². The normalized spacial score (nSPS) is 27.4. The highest BCUT2D eigenvalue weighted by atomic mass is 19.1. The van der Waals surface area contributed by atoms with Gasteiger partial charge in [0, 0.05) is 5.56 Å². The molecule has 1 aliphatic rings. The molecule has 4 heteroatoms. The highest BCUT2D eigenvalue weighted by Gasteiger charge is 2.28. The Morgan fingerprint density at radius 3 is 2.71 bits per heavy atom. The van der Waals surface area contributed by atoms with Crippen molar-refractivity contribution in [1.82, 2.24) is 0 Å². The van der Waals surface area contributed by atoms with E-state index in [-0.39, 0.29) is 11.1 Å². The molecule has 0 aromatic heterocycles. The zero-order chi connectivity index (χ0) is 12.5. The number of hydrogen-bond donors (Lipinski definition) is 1. The lowest BCUT2D eigenvalue weighted by Gasteiger charge is -2.22. The van der Waals surface area contributed by atoms with Gasteiger partial charge in [0.2, 0.25) is 0 Å². The SMILES string of the molecule is N#CC1C=CC(N)(F)C=C1c1ccccc1F. The second-order valence-electron chi connectivity index (χ2n) is 3.87. The van der Waals surface area contributed by atoms with E-state index < -0.39 is 17.5 Å². The van der Waals surface area contributed by atoms with Crippen molar-refractivity contribution in [1.29, 1.82) is 5.26 Å². The molecule has 86 valence electrons. The second kappa shape index (κ2) is 4.11. The number of nitrogens with two attached hydrogens (primary N) is 1. The summed E-state index contributed by atoms with van der Waals surface area (Å²) in [4.78, 5) is 0. The molecule has 1 aromatic carbocycles. The van der Waals surface area contributed by atoms with E-state index >= 15 is 0 Å². The number of halogens is 2. The molecule has 0 heterocycles. The molecule has 0 spiro atoms. The molecule has 0 saturated heterocycles. The summed E-state index contributed by atoms with van der Waals surface area (Å²) >= 11 is 0. The average Bonchev–Trinajstić information content (AvgIpc) is 2.28. The van der Waals surface area contributed by atoms with Crippen LogP contribution in [0.25, 0.3) is 5.57 Å². The topological polar surface area (TPSA) is 49.8 Å². The smallest absolute Gasteiger partial charge is 0.197 e. The maximum atomic E-state index is 13.6. The first-order valence-corrected chi connectivity index (χ1v) is 5.08. The van der Waals surface area contributed by atoms with E-state index in [4.69, 9.17) is 11.0 Å². The van der Waals surface area contributed by atoms with Gasteiger partial charge in [0.15, 0.2) is 5.79 Å². The van der Waals surface area contributed by atoms with Gasteiger partial charge in [-0.25, -0.2) is 8.78 Å². The summed E-state index contributed by atoms with van der Waals surface area (Å²) in [5.41, 5.74) is 5.78. The number of allylic oxidation sites excluding steroid dienone is 2. The van der Waals surface area contributed by atoms with E-state index in [1.807, 2.05) is 6.07 Å². The molecule has 2 rings (SSSR count). The van der Waals surface area contributed by atoms with Gasteiger partial charge >= 0.3 is 0 Å². The van der Waals surface area contributed by atoms with Crippen molar-refractivity contribution in [3.63, 3.8) is 0 Å². The second-order valence-corrected chi connectivity index (χ2v) is 3.87. The quantitative estimate of drug-likeness (QED) is 0.597. The van der Waals surface area contributed by atoms with E-state index in [0.29, 0.717) is 0 Å². The largest absolute Gasteiger partial charge is 0.292 e. The Hall–Kier alpha value is -1.99. The van der Waals surface area contributed by atoms with Gasteiger partial charge in [-0.3, -0.25) is 5.73 Å². The van der Waals surface area contributed by atoms with Crippen LogP contribution < -0.4 is 5.73 Å². The van der Waals surface area contributed by atoms with Gasteiger partial charge in [-0.2, -0.15) is 5.26 Å². The Balaban J connectivity index is 2.53. The van der Waals surface area contributed by atoms with Crippen molar-refractivity contribution in [3.05, 3.63) is 53.9 Å². The van der Waals surface area contributed by atoms with E-state index in [0.717, 1.165) is 12.2 Å². The Bertz CT molecular complexity index is 539. The third-order valence-corrected chi connectivity index (χ3v) is 2.58.